The molecule has 5 heteroatoms. The second kappa shape index (κ2) is 11.6. The summed E-state index contributed by atoms with van der Waals surface area (Å²) in [4.78, 5) is 8.84. The summed E-state index contributed by atoms with van der Waals surface area (Å²) in [5.74, 6) is 0.938. The first kappa shape index (κ1) is 19.3. The van der Waals surface area contributed by atoms with E-state index in [0.29, 0.717) is 19.0 Å². The molecule has 0 saturated heterocycles. The standard InChI is InChI=1S/C20H28N2O3/c1-2-24-13-14-25-12-6-4-3-5-7-17-15-21-20(22-16-17)18-8-10-19(23)11-9-18/h8-11,15-16,23H,2-7,12-14H2,1H3. The van der Waals surface area contributed by atoms with Crippen molar-refractivity contribution in [2.24, 2.45) is 0 Å². The molecular formula is C20H28N2O3. The van der Waals surface area contributed by atoms with Gasteiger partial charge in [0.15, 0.2) is 5.82 Å². The summed E-state index contributed by atoms with van der Waals surface area (Å²) in [6, 6.07) is 6.93. The van der Waals surface area contributed by atoms with Crippen molar-refractivity contribution in [1.29, 1.82) is 0 Å². The third-order valence-corrected chi connectivity index (χ3v) is 3.91. The molecule has 1 aromatic carbocycles. The van der Waals surface area contributed by atoms with Crippen LogP contribution in [0.5, 0.6) is 5.75 Å². The molecule has 0 amide bonds. The lowest BCUT2D eigenvalue weighted by Crippen LogP contribution is -2.04. The molecule has 5 nitrogen and oxygen atoms in total. The van der Waals surface area contributed by atoms with E-state index in [1.165, 1.54) is 12.8 Å². The number of phenols is 1. The largest absolute Gasteiger partial charge is 0.508 e. The maximum atomic E-state index is 9.32. The van der Waals surface area contributed by atoms with E-state index in [4.69, 9.17) is 9.47 Å². The number of aromatic hydroxyl groups is 1. The van der Waals surface area contributed by atoms with Crippen molar-refractivity contribution in [3.8, 4) is 17.1 Å². The number of hydrogen-bond acceptors (Lipinski definition) is 5. The number of unbranched alkanes of at least 4 members (excludes halogenated alkanes) is 3. The molecule has 2 rings (SSSR count). The first-order valence-electron chi connectivity index (χ1n) is 9.05. The predicted octanol–water partition coefficient (Wildman–Crippen LogP) is 4.01. The molecule has 0 bridgehead atoms. The molecule has 25 heavy (non-hydrogen) atoms. The fourth-order valence-corrected chi connectivity index (χ4v) is 2.49. The zero-order chi connectivity index (χ0) is 17.7. The van der Waals surface area contributed by atoms with Crippen molar-refractivity contribution >= 4 is 0 Å². The van der Waals surface area contributed by atoms with Gasteiger partial charge in [0.2, 0.25) is 0 Å². The maximum absolute atomic E-state index is 9.32. The Kier molecular flexibility index (Phi) is 8.94. The van der Waals surface area contributed by atoms with Gasteiger partial charge in [-0.2, -0.15) is 0 Å². The molecule has 1 N–H and O–H groups in total. The Bertz CT molecular complexity index is 585. The van der Waals surface area contributed by atoms with Gasteiger partial charge >= 0.3 is 0 Å². The third kappa shape index (κ3) is 7.63. The van der Waals surface area contributed by atoms with Crippen LogP contribution in [0.3, 0.4) is 0 Å². The summed E-state index contributed by atoms with van der Waals surface area (Å²) in [6.07, 6.45) is 9.40. The van der Waals surface area contributed by atoms with Gasteiger partial charge in [-0.05, 0) is 56.0 Å². The number of phenolic OH excluding ortho intramolecular Hbond substituents is 1. The number of ether oxygens (including phenoxy) is 2. The van der Waals surface area contributed by atoms with Crippen LogP contribution < -0.4 is 0 Å². The second-order valence-corrected chi connectivity index (χ2v) is 5.94. The van der Waals surface area contributed by atoms with Gasteiger partial charge in [0.25, 0.3) is 0 Å². The van der Waals surface area contributed by atoms with E-state index >= 15 is 0 Å². The molecule has 0 aliphatic heterocycles. The smallest absolute Gasteiger partial charge is 0.159 e. The molecular weight excluding hydrogens is 316 g/mol. The molecule has 0 radical (unpaired) electrons. The first-order chi connectivity index (χ1) is 12.3. The zero-order valence-corrected chi connectivity index (χ0v) is 15.0. The summed E-state index contributed by atoms with van der Waals surface area (Å²) in [5, 5.41) is 9.32. The number of aryl methyl sites for hydroxylation is 1. The lowest BCUT2D eigenvalue weighted by atomic mass is 10.1. The molecule has 0 unspecified atom stereocenters. The monoisotopic (exact) mass is 344 g/mol. The highest BCUT2D eigenvalue weighted by Crippen LogP contribution is 2.18. The molecule has 0 fully saturated rings. The van der Waals surface area contributed by atoms with E-state index in [0.717, 1.165) is 43.6 Å². The van der Waals surface area contributed by atoms with Crippen molar-refractivity contribution in [3.05, 3.63) is 42.2 Å². The van der Waals surface area contributed by atoms with Crippen LogP contribution in [0.1, 0.15) is 38.2 Å². The van der Waals surface area contributed by atoms with Crippen molar-refractivity contribution in [1.82, 2.24) is 9.97 Å². The lowest BCUT2D eigenvalue weighted by molar-refractivity contribution is 0.0513. The minimum Gasteiger partial charge on any atom is -0.508 e. The average molecular weight is 344 g/mol. The SMILES string of the molecule is CCOCCOCCCCCCc1cnc(-c2ccc(O)cc2)nc1. The van der Waals surface area contributed by atoms with Gasteiger partial charge in [-0.25, -0.2) is 9.97 Å². The Hall–Kier alpha value is -1.98. The van der Waals surface area contributed by atoms with E-state index in [-0.39, 0.29) is 5.75 Å². The molecule has 136 valence electrons. The predicted molar refractivity (Wildman–Crippen MR) is 98.6 cm³/mol. The topological polar surface area (TPSA) is 64.5 Å². The molecule has 2 aromatic rings. The molecule has 1 heterocycles. The summed E-state index contributed by atoms with van der Waals surface area (Å²) in [7, 11) is 0. The summed E-state index contributed by atoms with van der Waals surface area (Å²) in [5.41, 5.74) is 2.07. The van der Waals surface area contributed by atoms with Crippen molar-refractivity contribution in [2.45, 2.75) is 39.0 Å². The van der Waals surface area contributed by atoms with Crippen LogP contribution in [-0.2, 0) is 15.9 Å². The van der Waals surface area contributed by atoms with E-state index in [2.05, 4.69) is 9.97 Å². The summed E-state index contributed by atoms with van der Waals surface area (Å²) in [6.45, 7) is 4.95. The summed E-state index contributed by atoms with van der Waals surface area (Å²) < 4.78 is 10.7. The minimum atomic E-state index is 0.250. The Morgan fingerprint density at radius 2 is 1.52 bits per heavy atom. The van der Waals surface area contributed by atoms with Gasteiger partial charge in [-0.15, -0.1) is 0 Å². The van der Waals surface area contributed by atoms with Crippen molar-refractivity contribution < 1.29 is 14.6 Å². The Morgan fingerprint density at radius 3 is 2.24 bits per heavy atom. The van der Waals surface area contributed by atoms with Crippen molar-refractivity contribution in [3.63, 3.8) is 0 Å². The molecule has 0 saturated carbocycles. The number of benzene rings is 1. The Labute approximate surface area is 150 Å². The van der Waals surface area contributed by atoms with Crippen LogP contribution in [0.2, 0.25) is 0 Å². The number of nitrogens with zero attached hydrogens (tertiary/aromatic N) is 2. The highest BCUT2D eigenvalue weighted by Gasteiger charge is 2.02. The number of hydrogen-bond donors (Lipinski definition) is 1. The molecule has 0 spiro atoms. The fourth-order valence-electron chi connectivity index (χ4n) is 2.49. The maximum Gasteiger partial charge on any atom is 0.159 e. The zero-order valence-electron chi connectivity index (χ0n) is 15.0. The van der Waals surface area contributed by atoms with Gasteiger partial charge in [0, 0.05) is 31.2 Å². The van der Waals surface area contributed by atoms with Crippen LogP contribution in [0.4, 0.5) is 0 Å². The van der Waals surface area contributed by atoms with E-state index in [1.54, 1.807) is 12.1 Å². The van der Waals surface area contributed by atoms with E-state index < -0.39 is 0 Å². The molecule has 0 aliphatic carbocycles. The summed E-state index contributed by atoms with van der Waals surface area (Å²) >= 11 is 0. The van der Waals surface area contributed by atoms with Gasteiger partial charge in [-0.1, -0.05) is 12.8 Å². The van der Waals surface area contributed by atoms with Crippen LogP contribution in [0.25, 0.3) is 11.4 Å². The minimum absolute atomic E-state index is 0.250. The van der Waals surface area contributed by atoms with Crippen LogP contribution >= 0.6 is 0 Å². The lowest BCUT2D eigenvalue weighted by Gasteiger charge is -2.05. The normalized spacial score (nSPS) is 10.9. The number of rotatable bonds is 12. The molecule has 1 aromatic heterocycles. The second-order valence-electron chi connectivity index (χ2n) is 5.94. The average Bonchev–Trinajstić information content (AvgIpc) is 2.64. The van der Waals surface area contributed by atoms with Gasteiger partial charge in [-0.3, -0.25) is 0 Å². The Morgan fingerprint density at radius 1 is 0.840 bits per heavy atom. The number of aromatic nitrogens is 2. The van der Waals surface area contributed by atoms with Crippen LogP contribution in [0, 0.1) is 0 Å². The van der Waals surface area contributed by atoms with Gasteiger partial charge < -0.3 is 14.6 Å². The third-order valence-electron chi connectivity index (χ3n) is 3.91. The molecule has 0 aliphatic rings. The van der Waals surface area contributed by atoms with Crippen LogP contribution in [-0.4, -0.2) is 41.5 Å². The van der Waals surface area contributed by atoms with Crippen molar-refractivity contribution in [2.75, 3.05) is 26.4 Å². The highest BCUT2D eigenvalue weighted by molar-refractivity contribution is 5.55. The quantitative estimate of drug-likeness (QED) is 0.590. The first-order valence-corrected chi connectivity index (χ1v) is 9.05. The van der Waals surface area contributed by atoms with E-state index in [1.807, 2.05) is 31.5 Å². The highest BCUT2D eigenvalue weighted by atomic mass is 16.5. The van der Waals surface area contributed by atoms with Gasteiger partial charge in [0.05, 0.1) is 13.2 Å². The van der Waals surface area contributed by atoms with Crippen LogP contribution in [0.15, 0.2) is 36.7 Å². The van der Waals surface area contributed by atoms with E-state index in [9.17, 15) is 5.11 Å². The molecule has 0 atom stereocenters. The van der Waals surface area contributed by atoms with Gasteiger partial charge in [0.1, 0.15) is 5.75 Å². The Balaban J connectivity index is 1.58. The fraction of sp³-hybridized carbons (Fsp3) is 0.500.